The highest BCUT2D eigenvalue weighted by Gasteiger charge is 2.21. The molecule has 1 aliphatic rings. The molecular formula is C25H29Cl2N3O2. The lowest BCUT2D eigenvalue weighted by molar-refractivity contribution is 0.210. The zero-order valence-electron chi connectivity index (χ0n) is 18.5. The number of hydrogen-bond acceptors (Lipinski definition) is 5. The highest BCUT2D eigenvalue weighted by molar-refractivity contribution is 6.35. The number of halogens is 2. The Morgan fingerprint density at radius 2 is 1.66 bits per heavy atom. The van der Waals surface area contributed by atoms with Crippen molar-refractivity contribution in [2.24, 2.45) is 0 Å². The Morgan fingerprint density at radius 3 is 2.31 bits per heavy atom. The molecular weight excluding hydrogens is 445 g/mol. The monoisotopic (exact) mass is 473 g/mol. The summed E-state index contributed by atoms with van der Waals surface area (Å²) in [6, 6.07) is 14.3. The molecule has 0 atom stereocenters. The number of likely N-dealkylation sites (tertiary alicyclic amines) is 1. The van der Waals surface area contributed by atoms with Gasteiger partial charge in [0.15, 0.2) is 0 Å². The van der Waals surface area contributed by atoms with Gasteiger partial charge in [0, 0.05) is 31.1 Å². The number of anilines is 1. The minimum atomic E-state index is 0.374. The Hall–Kier alpha value is -2.21. The molecule has 2 aromatic carbocycles. The molecule has 1 saturated heterocycles. The first-order valence-electron chi connectivity index (χ1n) is 11.2. The van der Waals surface area contributed by atoms with Crippen LogP contribution in [0.1, 0.15) is 32.3 Å². The second kappa shape index (κ2) is 10.6. The zero-order valence-corrected chi connectivity index (χ0v) is 20.0. The first-order valence-corrected chi connectivity index (χ1v) is 11.9. The topological polar surface area (TPSA) is 46.6 Å². The molecule has 3 aromatic rings. The summed E-state index contributed by atoms with van der Waals surface area (Å²) in [5, 5.41) is 5.83. The van der Waals surface area contributed by atoms with Gasteiger partial charge in [-0.15, -0.1) is 0 Å². The van der Waals surface area contributed by atoms with Crippen LogP contribution in [-0.4, -0.2) is 42.2 Å². The molecule has 0 aliphatic carbocycles. The maximum Gasteiger partial charge on any atom is 0.141 e. The average Bonchev–Trinajstić information content (AvgIpc) is 2.78. The van der Waals surface area contributed by atoms with Crippen molar-refractivity contribution < 1.29 is 9.47 Å². The summed E-state index contributed by atoms with van der Waals surface area (Å²) in [5.41, 5.74) is 2.06. The molecule has 0 bridgehead atoms. The maximum atomic E-state index is 6.46. The zero-order chi connectivity index (χ0) is 22.5. The van der Waals surface area contributed by atoms with Gasteiger partial charge in [0.25, 0.3) is 0 Å². The summed E-state index contributed by atoms with van der Waals surface area (Å²) in [7, 11) is 0. The van der Waals surface area contributed by atoms with Crippen molar-refractivity contribution >= 4 is 39.9 Å². The third kappa shape index (κ3) is 5.40. The summed E-state index contributed by atoms with van der Waals surface area (Å²) in [5.74, 6) is 2.21. The molecule has 0 radical (unpaired) electrons. The van der Waals surface area contributed by atoms with Gasteiger partial charge in [-0.05, 0) is 56.5 Å². The minimum absolute atomic E-state index is 0.374. The lowest BCUT2D eigenvalue weighted by Crippen LogP contribution is -2.38. The van der Waals surface area contributed by atoms with E-state index in [4.69, 9.17) is 37.7 Å². The quantitative estimate of drug-likeness (QED) is 0.409. The van der Waals surface area contributed by atoms with Crippen LogP contribution >= 0.6 is 23.2 Å². The molecule has 0 spiro atoms. The average molecular weight is 474 g/mol. The first kappa shape index (κ1) is 23.0. The van der Waals surface area contributed by atoms with E-state index in [2.05, 4.69) is 10.2 Å². The molecule has 1 N–H and O–H groups in total. The number of nitrogens with zero attached hydrogens (tertiary/aromatic N) is 2. The Morgan fingerprint density at radius 1 is 1.00 bits per heavy atom. The highest BCUT2D eigenvalue weighted by Crippen LogP contribution is 2.36. The van der Waals surface area contributed by atoms with E-state index in [9.17, 15) is 0 Å². The van der Waals surface area contributed by atoms with Crippen molar-refractivity contribution in [1.82, 2.24) is 9.88 Å². The van der Waals surface area contributed by atoms with Crippen LogP contribution in [0.5, 0.6) is 11.5 Å². The third-order valence-corrected chi connectivity index (χ3v) is 6.36. The van der Waals surface area contributed by atoms with Gasteiger partial charge < -0.3 is 14.8 Å². The van der Waals surface area contributed by atoms with Crippen molar-refractivity contribution in [3.63, 3.8) is 0 Å². The summed E-state index contributed by atoms with van der Waals surface area (Å²) >= 11 is 12.9. The molecule has 1 aliphatic heterocycles. The van der Waals surface area contributed by atoms with Crippen LogP contribution in [0.2, 0.25) is 10.0 Å². The third-order valence-electron chi connectivity index (χ3n) is 5.68. The van der Waals surface area contributed by atoms with Crippen molar-refractivity contribution in [1.29, 1.82) is 0 Å². The van der Waals surface area contributed by atoms with E-state index >= 15 is 0 Å². The second-order valence-electron chi connectivity index (χ2n) is 7.97. The molecule has 1 fully saturated rings. The van der Waals surface area contributed by atoms with Gasteiger partial charge in [0.2, 0.25) is 0 Å². The van der Waals surface area contributed by atoms with Gasteiger partial charge >= 0.3 is 0 Å². The maximum absolute atomic E-state index is 6.46. The molecule has 0 amide bonds. The SMILES string of the molecule is CCOc1cc(CN2CCC(Nc3cc(Cl)c4ccccc4n3)CC2)cc(OCC)c1Cl. The van der Waals surface area contributed by atoms with Crippen LogP contribution in [-0.2, 0) is 6.54 Å². The van der Waals surface area contributed by atoms with Gasteiger partial charge in [0.1, 0.15) is 22.3 Å². The van der Waals surface area contributed by atoms with E-state index < -0.39 is 0 Å². The molecule has 0 unspecified atom stereocenters. The number of aromatic nitrogens is 1. The molecule has 7 heteroatoms. The Bertz CT molecular complexity index is 1040. The predicted molar refractivity (Wildman–Crippen MR) is 132 cm³/mol. The Kier molecular flexibility index (Phi) is 7.61. The number of ether oxygens (including phenoxy) is 2. The fraction of sp³-hybridized carbons (Fsp3) is 0.400. The largest absolute Gasteiger partial charge is 0.492 e. The van der Waals surface area contributed by atoms with E-state index in [0.717, 1.165) is 59.8 Å². The van der Waals surface area contributed by atoms with Crippen molar-refractivity contribution in [3.05, 3.63) is 58.1 Å². The molecule has 32 heavy (non-hydrogen) atoms. The number of benzene rings is 2. The number of pyridine rings is 1. The van der Waals surface area contributed by atoms with E-state index in [0.29, 0.717) is 35.8 Å². The van der Waals surface area contributed by atoms with Gasteiger partial charge in [-0.3, -0.25) is 4.90 Å². The standard InChI is InChI=1S/C25H29Cl2N3O2/c1-3-31-22-13-17(14-23(25(22)27)32-4-2)16-30-11-9-18(10-12-30)28-24-15-20(26)19-7-5-6-8-21(19)29-24/h5-8,13-15,18H,3-4,9-12,16H2,1-2H3,(H,28,29). The number of hydrogen-bond donors (Lipinski definition) is 1. The number of rotatable bonds is 8. The van der Waals surface area contributed by atoms with Gasteiger partial charge in [0.05, 0.1) is 23.8 Å². The predicted octanol–water partition coefficient (Wildman–Crippen LogP) is 6.42. The number of para-hydroxylation sites is 1. The lowest BCUT2D eigenvalue weighted by atomic mass is 10.0. The molecule has 0 saturated carbocycles. The van der Waals surface area contributed by atoms with E-state index in [1.165, 1.54) is 0 Å². The number of fused-ring (bicyclic) bond motifs is 1. The van der Waals surface area contributed by atoms with Crippen LogP contribution < -0.4 is 14.8 Å². The van der Waals surface area contributed by atoms with Crippen LogP contribution in [0.3, 0.4) is 0 Å². The van der Waals surface area contributed by atoms with E-state index in [1.807, 2.05) is 56.3 Å². The van der Waals surface area contributed by atoms with E-state index in [-0.39, 0.29) is 0 Å². The molecule has 4 rings (SSSR count). The fourth-order valence-corrected chi connectivity index (χ4v) is 4.63. The molecule has 170 valence electrons. The molecule has 5 nitrogen and oxygen atoms in total. The summed E-state index contributed by atoms with van der Waals surface area (Å²) < 4.78 is 11.4. The van der Waals surface area contributed by atoms with Crippen molar-refractivity contribution in [2.75, 3.05) is 31.6 Å². The van der Waals surface area contributed by atoms with Crippen molar-refractivity contribution in [3.8, 4) is 11.5 Å². The smallest absolute Gasteiger partial charge is 0.141 e. The van der Waals surface area contributed by atoms with Crippen LogP contribution in [0.15, 0.2) is 42.5 Å². The molecule has 2 heterocycles. The second-order valence-corrected chi connectivity index (χ2v) is 8.76. The fourth-order valence-electron chi connectivity index (χ4n) is 4.15. The van der Waals surface area contributed by atoms with Gasteiger partial charge in [-0.2, -0.15) is 0 Å². The molecule has 1 aromatic heterocycles. The lowest BCUT2D eigenvalue weighted by Gasteiger charge is -2.33. The van der Waals surface area contributed by atoms with Crippen LogP contribution in [0.25, 0.3) is 10.9 Å². The number of nitrogens with one attached hydrogen (secondary N) is 1. The van der Waals surface area contributed by atoms with E-state index in [1.54, 1.807) is 0 Å². The van der Waals surface area contributed by atoms with Gasteiger partial charge in [-0.1, -0.05) is 41.4 Å². The van der Waals surface area contributed by atoms with Crippen LogP contribution in [0.4, 0.5) is 5.82 Å². The van der Waals surface area contributed by atoms with Gasteiger partial charge in [-0.25, -0.2) is 4.98 Å². The Labute approximate surface area is 199 Å². The number of piperidine rings is 1. The summed E-state index contributed by atoms with van der Waals surface area (Å²) in [6.07, 6.45) is 2.08. The van der Waals surface area contributed by atoms with Crippen molar-refractivity contribution in [2.45, 2.75) is 39.3 Å². The first-order chi connectivity index (χ1) is 15.6. The summed E-state index contributed by atoms with van der Waals surface area (Å²) in [4.78, 5) is 7.18. The minimum Gasteiger partial charge on any atom is -0.492 e. The summed E-state index contributed by atoms with van der Waals surface area (Å²) in [6.45, 7) is 7.88. The van der Waals surface area contributed by atoms with Crippen LogP contribution in [0, 0.1) is 0 Å². The Balaban J connectivity index is 1.38. The normalized spacial score (nSPS) is 15.1. The highest BCUT2D eigenvalue weighted by atomic mass is 35.5.